The fraction of sp³-hybridized carbons (Fsp3) is 0.300. The van der Waals surface area contributed by atoms with Gasteiger partial charge in [0.05, 0.1) is 23.2 Å². The maximum absolute atomic E-state index is 14.5. The monoisotopic (exact) mass is 436 g/mol. The first-order valence-electron chi connectivity index (χ1n) is 9.09. The summed E-state index contributed by atoms with van der Waals surface area (Å²) in [5.41, 5.74) is 1.03. The summed E-state index contributed by atoms with van der Waals surface area (Å²) in [7, 11) is -3.26. The van der Waals surface area contributed by atoms with Crippen LogP contribution in [0.25, 0.3) is 0 Å². The molecule has 5 nitrogen and oxygen atoms in total. The largest absolute Gasteiger partial charge is 0.313 e. The fourth-order valence-corrected chi connectivity index (χ4v) is 7.51. The van der Waals surface area contributed by atoms with Crippen LogP contribution < -0.4 is 4.90 Å². The molecule has 2 aromatic carbocycles. The molecule has 0 saturated carbocycles. The molecule has 29 heavy (non-hydrogen) atoms. The molecule has 0 unspecified atom stereocenters. The number of fused-ring (bicyclic) bond motifs is 1. The molecule has 2 heterocycles. The van der Waals surface area contributed by atoms with Gasteiger partial charge in [-0.15, -0.1) is 0 Å². The molecule has 152 valence electrons. The van der Waals surface area contributed by atoms with Gasteiger partial charge in [-0.25, -0.2) is 17.2 Å². The number of halogens is 2. The van der Waals surface area contributed by atoms with Crippen LogP contribution in [0, 0.1) is 11.6 Å². The van der Waals surface area contributed by atoms with Crippen LogP contribution in [0.5, 0.6) is 0 Å². The number of benzene rings is 2. The van der Waals surface area contributed by atoms with E-state index in [1.54, 1.807) is 0 Å². The molecule has 2 fully saturated rings. The summed E-state index contributed by atoms with van der Waals surface area (Å²) >= 11 is 1.16. The van der Waals surface area contributed by atoms with Crippen molar-refractivity contribution in [3.8, 4) is 0 Å². The maximum atomic E-state index is 14.5. The smallest absolute Gasteiger partial charge is 0.248 e. The Bertz CT molecular complexity index is 1070. The van der Waals surface area contributed by atoms with Gasteiger partial charge in [0.2, 0.25) is 5.91 Å². The van der Waals surface area contributed by atoms with Crippen molar-refractivity contribution in [2.45, 2.75) is 24.1 Å². The zero-order chi connectivity index (χ0) is 20.6. The Labute approximate surface area is 171 Å². The van der Waals surface area contributed by atoms with E-state index in [-0.39, 0.29) is 39.9 Å². The summed E-state index contributed by atoms with van der Waals surface area (Å²) < 4.78 is 51.9. The zero-order valence-corrected chi connectivity index (χ0v) is 16.9. The van der Waals surface area contributed by atoms with Crippen LogP contribution in [-0.2, 0) is 21.1 Å². The number of carbonyl (C=O) groups is 1. The number of carbonyl (C=O) groups excluding carboxylic acids is 1. The van der Waals surface area contributed by atoms with Crippen molar-refractivity contribution in [1.29, 1.82) is 0 Å². The first kappa shape index (κ1) is 20.0. The average molecular weight is 437 g/mol. The fourth-order valence-electron chi connectivity index (χ4n) is 3.58. The second kappa shape index (κ2) is 7.87. The molecule has 2 atom stereocenters. The second-order valence-electron chi connectivity index (χ2n) is 7.04. The van der Waals surface area contributed by atoms with Gasteiger partial charge < -0.3 is 4.90 Å². The van der Waals surface area contributed by atoms with Gasteiger partial charge in [-0.05, 0) is 24.1 Å². The van der Waals surface area contributed by atoms with Gasteiger partial charge in [0.25, 0.3) is 0 Å². The van der Waals surface area contributed by atoms with E-state index >= 15 is 0 Å². The molecule has 2 aromatic rings. The summed E-state index contributed by atoms with van der Waals surface area (Å²) in [6.45, 7) is 0. The lowest BCUT2D eigenvalue weighted by molar-refractivity contribution is -0.117. The van der Waals surface area contributed by atoms with Crippen molar-refractivity contribution in [3.05, 3.63) is 65.7 Å². The van der Waals surface area contributed by atoms with Crippen molar-refractivity contribution in [2.75, 3.05) is 16.4 Å². The first-order chi connectivity index (χ1) is 13.8. The second-order valence-corrected chi connectivity index (χ2v) is 10.4. The molecule has 2 aliphatic rings. The van der Waals surface area contributed by atoms with E-state index in [9.17, 15) is 22.0 Å². The van der Waals surface area contributed by atoms with Crippen molar-refractivity contribution >= 4 is 38.4 Å². The molecule has 0 spiro atoms. The lowest BCUT2D eigenvalue weighted by Crippen LogP contribution is -2.38. The topological polar surface area (TPSA) is 66.8 Å². The third kappa shape index (κ3) is 4.35. The quantitative estimate of drug-likeness (QED) is 0.737. The number of hydrogen-bond acceptors (Lipinski definition) is 4. The minimum atomic E-state index is -3.26. The van der Waals surface area contributed by atoms with Gasteiger partial charge in [-0.1, -0.05) is 42.1 Å². The van der Waals surface area contributed by atoms with Crippen molar-refractivity contribution < 1.29 is 22.0 Å². The van der Waals surface area contributed by atoms with Gasteiger partial charge in [0, 0.05) is 17.7 Å². The maximum Gasteiger partial charge on any atom is 0.248 e. The van der Waals surface area contributed by atoms with Crippen LogP contribution in [0.15, 0.2) is 53.5 Å². The van der Waals surface area contributed by atoms with E-state index < -0.39 is 27.5 Å². The molecule has 2 aliphatic heterocycles. The summed E-state index contributed by atoms with van der Waals surface area (Å²) in [6, 6.07) is 12.1. The number of amidine groups is 1. The van der Waals surface area contributed by atoms with Gasteiger partial charge in [-0.2, -0.15) is 4.99 Å². The first-order valence-corrected chi connectivity index (χ1v) is 11.8. The van der Waals surface area contributed by atoms with E-state index in [1.165, 1.54) is 11.0 Å². The van der Waals surface area contributed by atoms with Crippen LogP contribution in [0.3, 0.4) is 0 Å². The minimum Gasteiger partial charge on any atom is -0.313 e. The Balaban J connectivity index is 1.60. The molecule has 4 rings (SSSR count). The number of amides is 1. The molecule has 0 aliphatic carbocycles. The number of thioether (sulfide) groups is 1. The normalized spacial score (nSPS) is 24.1. The van der Waals surface area contributed by atoms with E-state index in [2.05, 4.69) is 4.99 Å². The number of anilines is 1. The highest BCUT2D eigenvalue weighted by molar-refractivity contribution is 8.16. The van der Waals surface area contributed by atoms with Gasteiger partial charge in [0.15, 0.2) is 15.0 Å². The Morgan fingerprint density at radius 2 is 1.90 bits per heavy atom. The SMILES string of the molecule is O=C(CCc1ccccc1)N=C1S[C@H]2CS(=O)(=O)C[C@H]2N1c1ccc(F)cc1F. The van der Waals surface area contributed by atoms with E-state index in [4.69, 9.17) is 0 Å². The third-order valence-corrected chi connectivity index (χ3v) is 8.14. The highest BCUT2D eigenvalue weighted by atomic mass is 32.2. The molecule has 0 radical (unpaired) electrons. The average Bonchev–Trinajstić information content (AvgIpc) is 3.12. The molecule has 0 N–H and O–H groups in total. The number of hydrogen-bond donors (Lipinski definition) is 0. The van der Waals surface area contributed by atoms with Crippen LogP contribution in [0.1, 0.15) is 12.0 Å². The van der Waals surface area contributed by atoms with Crippen LogP contribution in [-0.4, -0.2) is 42.3 Å². The van der Waals surface area contributed by atoms with Crippen molar-refractivity contribution in [3.63, 3.8) is 0 Å². The lowest BCUT2D eigenvalue weighted by atomic mass is 10.1. The number of sulfone groups is 1. The molecule has 0 bridgehead atoms. The van der Waals surface area contributed by atoms with Crippen LogP contribution >= 0.6 is 11.8 Å². The Hall–Kier alpha value is -2.26. The van der Waals surface area contributed by atoms with E-state index in [0.29, 0.717) is 6.42 Å². The van der Waals surface area contributed by atoms with Gasteiger partial charge >= 0.3 is 0 Å². The summed E-state index contributed by atoms with van der Waals surface area (Å²) in [6.07, 6.45) is 0.703. The number of aliphatic imine (C=N–C) groups is 1. The minimum absolute atomic E-state index is 0.0260. The highest BCUT2D eigenvalue weighted by Crippen LogP contribution is 2.41. The Morgan fingerprint density at radius 3 is 2.62 bits per heavy atom. The van der Waals surface area contributed by atoms with Crippen LogP contribution in [0.2, 0.25) is 0 Å². The Kier molecular flexibility index (Phi) is 5.44. The number of rotatable bonds is 4. The predicted molar refractivity (Wildman–Crippen MR) is 110 cm³/mol. The zero-order valence-electron chi connectivity index (χ0n) is 15.3. The number of nitrogens with zero attached hydrogens (tertiary/aromatic N) is 2. The number of aryl methyl sites for hydroxylation is 1. The predicted octanol–water partition coefficient (Wildman–Crippen LogP) is 3.20. The van der Waals surface area contributed by atoms with Gasteiger partial charge in [0.1, 0.15) is 11.6 Å². The Morgan fingerprint density at radius 1 is 1.14 bits per heavy atom. The molecular formula is C20H18F2N2O3S2. The molecule has 2 saturated heterocycles. The third-order valence-electron chi connectivity index (χ3n) is 4.93. The summed E-state index contributed by atoms with van der Waals surface area (Å²) in [5.74, 6) is -2.13. The molecule has 0 aromatic heterocycles. The standard InChI is InChI=1S/C20H18F2N2O3S2/c21-14-7-8-16(15(22)10-14)24-17-11-29(26,27)12-18(17)28-20(24)23-19(25)9-6-13-4-2-1-3-5-13/h1-5,7-8,10,17-18H,6,9,11-12H2/t17-,18+/m1/s1. The summed E-state index contributed by atoms with van der Waals surface area (Å²) in [4.78, 5) is 18.0. The van der Waals surface area contributed by atoms with Crippen molar-refractivity contribution in [2.24, 2.45) is 4.99 Å². The molecule has 1 amide bonds. The molecular weight excluding hydrogens is 418 g/mol. The van der Waals surface area contributed by atoms with Gasteiger partial charge in [-0.3, -0.25) is 4.79 Å². The van der Waals surface area contributed by atoms with E-state index in [1.807, 2.05) is 30.3 Å². The lowest BCUT2D eigenvalue weighted by Gasteiger charge is -2.24. The highest BCUT2D eigenvalue weighted by Gasteiger charge is 2.50. The van der Waals surface area contributed by atoms with Crippen LogP contribution in [0.4, 0.5) is 14.5 Å². The van der Waals surface area contributed by atoms with Crippen molar-refractivity contribution in [1.82, 2.24) is 0 Å². The summed E-state index contributed by atoms with van der Waals surface area (Å²) in [5, 5.41) is -0.0800. The van der Waals surface area contributed by atoms with E-state index in [0.717, 1.165) is 29.5 Å². The molecule has 9 heteroatoms.